The van der Waals surface area contributed by atoms with Gasteiger partial charge in [0.25, 0.3) is 5.91 Å². The molecule has 2 heterocycles. The van der Waals surface area contributed by atoms with Gasteiger partial charge in [0.05, 0.1) is 11.0 Å². The van der Waals surface area contributed by atoms with Crippen molar-refractivity contribution in [1.29, 1.82) is 0 Å². The van der Waals surface area contributed by atoms with Crippen molar-refractivity contribution in [2.24, 2.45) is 7.05 Å². The number of imidazole rings is 1. The molecule has 0 bridgehead atoms. The molecule has 0 aliphatic rings. The summed E-state index contributed by atoms with van der Waals surface area (Å²) in [5.41, 5.74) is 5.48. The van der Waals surface area contributed by atoms with E-state index in [1.54, 1.807) is 25.4 Å². The number of pyridine rings is 1. The van der Waals surface area contributed by atoms with Gasteiger partial charge in [0.2, 0.25) is 5.95 Å². The zero-order valence-electron chi connectivity index (χ0n) is 17.4. The van der Waals surface area contributed by atoms with E-state index in [0.29, 0.717) is 17.2 Å². The summed E-state index contributed by atoms with van der Waals surface area (Å²) in [5.74, 6) is 1.66. The lowest BCUT2D eigenvalue weighted by Gasteiger charge is -2.12. The number of rotatable bonds is 5. The van der Waals surface area contributed by atoms with E-state index in [4.69, 9.17) is 9.72 Å². The van der Waals surface area contributed by atoms with Crippen LogP contribution in [-0.2, 0) is 7.05 Å². The highest BCUT2D eigenvalue weighted by molar-refractivity contribution is 5.92. The highest BCUT2D eigenvalue weighted by Gasteiger charge is 2.12. The zero-order valence-corrected chi connectivity index (χ0v) is 17.4. The summed E-state index contributed by atoms with van der Waals surface area (Å²) in [6.45, 7) is 4.15. The minimum atomic E-state index is -0.261. The first-order valence-electron chi connectivity index (χ1n) is 9.62. The highest BCUT2D eigenvalue weighted by Crippen LogP contribution is 2.29. The number of para-hydroxylation sites is 1. The summed E-state index contributed by atoms with van der Waals surface area (Å²) in [6, 6.07) is 15.2. The van der Waals surface area contributed by atoms with E-state index in [0.717, 1.165) is 33.8 Å². The van der Waals surface area contributed by atoms with Gasteiger partial charge in [-0.15, -0.1) is 0 Å². The lowest BCUT2D eigenvalue weighted by atomic mass is 10.1. The van der Waals surface area contributed by atoms with E-state index < -0.39 is 0 Å². The number of nitrogens with one attached hydrogen (secondary N) is 2. The molecule has 7 heteroatoms. The molecule has 0 atom stereocenters. The number of anilines is 2. The fraction of sp³-hybridized carbons (Fsp3) is 0.174. The molecule has 152 valence electrons. The Morgan fingerprint density at radius 1 is 1.03 bits per heavy atom. The van der Waals surface area contributed by atoms with Crippen molar-refractivity contribution in [2.45, 2.75) is 13.8 Å². The lowest BCUT2D eigenvalue weighted by Crippen LogP contribution is -2.18. The van der Waals surface area contributed by atoms with Crippen molar-refractivity contribution in [1.82, 2.24) is 19.9 Å². The molecule has 0 aliphatic heterocycles. The highest BCUT2D eigenvalue weighted by atomic mass is 16.5. The smallest absolute Gasteiger partial charge is 0.269 e. The molecule has 2 aromatic heterocycles. The number of aryl methyl sites for hydroxylation is 3. The third kappa shape index (κ3) is 3.69. The SMILES string of the molecule is CNC(=O)c1cc(Oc2ccc3c(c2)nc(Nc2c(C)cccc2C)n3C)ccn1. The molecule has 30 heavy (non-hydrogen) atoms. The fourth-order valence-electron chi connectivity index (χ4n) is 3.34. The molecule has 0 radical (unpaired) electrons. The predicted octanol–water partition coefficient (Wildman–Crippen LogP) is 4.48. The summed E-state index contributed by atoms with van der Waals surface area (Å²) in [6.07, 6.45) is 1.55. The molecule has 2 N–H and O–H groups in total. The molecular formula is C23H23N5O2. The van der Waals surface area contributed by atoms with Crippen LogP contribution in [0.25, 0.3) is 11.0 Å². The van der Waals surface area contributed by atoms with Crippen LogP contribution in [0.1, 0.15) is 21.6 Å². The Hall–Kier alpha value is -3.87. The van der Waals surface area contributed by atoms with Crippen LogP contribution in [0.15, 0.2) is 54.7 Å². The molecule has 7 nitrogen and oxygen atoms in total. The number of aromatic nitrogens is 3. The van der Waals surface area contributed by atoms with Crippen LogP contribution >= 0.6 is 0 Å². The third-order valence-corrected chi connectivity index (χ3v) is 5.00. The van der Waals surface area contributed by atoms with Gasteiger partial charge in [-0.1, -0.05) is 18.2 Å². The molecule has 4 rings (SSSR count). The number of benzene rings is 2. The Bertz CT molecular complexity index is 1230. The summed E-state index contributed by atoms with van der Waals surface area (Å²) in [5, 5.41) is 6.01. The number of carbonyl (C=O) groups is 1. The van der Waals surface area contributed by atoms with Crippen LogP contribution < -0.4 is 15.4 Å². The van der Waals surface area contributed by atoms with Gasteiger partial charge in [-0.05, 0) is 43.2 Å². The lowest BCUT2D eigenvalue weighted by molar-refractivity contribution is 0.0958. The van der Waals surface area contributed by atoms with Crippen LogP contribution in [0.2, 0.25) is 0 Å². The summed E-state index contributed by atoms with van der Waals surface area (Å²) >= 11 is 0. The molecule has 1 amide bonds. The molecule has 4 aromatic rings. The van der Waals surface area contributed by atoms with E-state index in [9.17, 15) is 4.79 Å². The van der Waals surface area contributed by atoms with E-state index in [-0.39, 0.29) is 5.91 Å². The second kappa shape index (κ2) is 7.87. The van der Waals surface area contributed by atoms with Crippen molar-refractivity contribution in [3.8, 4) is 11.5 Å². The van der Waals surface area contributed by atoms with E-state index in [2.05, 4.69) is 41.6 Å². The fourth-order valence-corrected chi connectivity index (χ4v) is 3.34. The number of hydrogen-bond acceptors (Lipinski definition) is 5. The molecule has 0 unspecified atom stereocenters. The van der Waals surface area contributed by atoms with E-state index in [1.165, 1.54) is 0 Å². The monoisotopic (exact) mass is 401 g/mol. The van der Waals surface area contributed by atoms with Gasteiger partial charge in [-0.3, -0.25) is 9.78 Å². The Labute approximate surface area is 174 Å². The molecule has 2 aromatic carbocycles. The van der Waals surface area contributed by atoms with Gasteiger partial charge < -0.3 is 19.9 Å². The number of carbonyl (C=O) groups excluding carboxylic acids is 1. The molecule has 0 saturated carbocycles. The van der Waals surface area contributed by atoms with Crippen molar-refractivity contribution >= 4 is 28.6 Å². The third-order valence-electron chi connectivity index (χ3n) is 5.00. The van der Waals surface area contributed by atoms with Crippen molar-refractivity contribution in [3.63, 3.8) is 0 Å². The maximum Gasteiger partial charge on any atom is 0.269 e. The maximum atomic E-state index is 11.8. The minimum Gasteiger partial charge on any atom is -0.457 e. The second-order valence-corrected chi connectivity index (χ2v) is 7.09. The van der Waals surface area contributed by atoms with Crippen LogP contribution in [0, 0.1) is 13.8 Å². The molecule has 0 fully saturated rings. The van der Waals surface area contributed by atoms with Crippen LogP contribution in [-0.4, -0.2) is 27.5 Å². The van der Waals surface area contributed by atoms with E-state index in [1.807, 2.05) is 35.9 Å². The van der Waals surface area contributed by atoms with Crippen LogP contribution in [0.3, 0.4) is 0 Å². The topological polar surface area (TPSA) is 81.1 Å². The average molecular weight is 401 g/mol. The van der Waals surface area contributed by atoms with Crippen molar-refractivity contribution < 1.29 is 9.53 Å². The standard InChI is InChI=1S/C23H23N5O2/c1-14-6-5-7-15(2)21(14)27-23-26-18-12-16(8-9-20(18)28(23)4)30-17-10-11-25-19(13-17)22(29)24-3/h5-13H,1-4H3,(H,24,29)(H,26,27). The number of ether oxygens (including phenoxy) is 1. The summed E-state index contributed by atoms with van der Waals surface area (Å²) in [4.78, 5) is 20.6. The second-order valence-electron chi connectivity index (χ2n) is 7.09. The van der Waals surface area contributed by atoms with Gasteiger partial charge in [-0.2, -0.15) is 0 Å². The maximum absolute atomic E-state index is 11.8. The molecular weight excluding hydrogens is 378 g/mol. The quantitative estimate of drug-likeness (QED) is 0.515. The summed E-state index contributed by atoms with van der Waals surface area (Å²) < 4.78 is 7.95. The predicted molar refractivity (Wildman–Crippen MR) is 118 cm³/mol. The van der Waals surface area contributed by atoms with Crippen molar-refractivity contribution in [3.05, 3.63) is 71.5 Å². The molecule has 0 aliphatic carbocycles. The molecule has 0 saturated heterocycles. The van der Waals surface area contributed by atoms with Gasteiger partial charge >= 0.3 is 0 Å². The Morgan fingerprint density at radius 3 is 2.50 bits per heavy atom. The number of amides is 1. The average Bonchev–Trinajstić information content (AvgIpc) is 3.05. The van der Waals surface area contributed by atoms with Crippen LogP contribution in [0.4, 0.5) is 11.6 Å². The first kappa shape index (κ1) is 19.4. The van der Waals surface area contributed by atoms with E-state index >= 15 is 0 Å². The number of nitrogens with zero attached hydrogens (tertiary/aromatic N) is 3. The first-order valence-corrected chi connectivity index (χ1v) is 9.62. The van der Waals surface area contributed by atoms with Gasteiger partial charge in [-0.25, -0.2) is 4.98 Å². The molecule has 0 spiro atoms. The summed E-state index contributed by atoms with van der Waals surface area (Å²) in [7, 11) is 3.54. The normalized spacial score (nSPS) is 10.8. The number of fused-ring (bicyclic) bond motifs is 1. The van der Waals surface area contributed by atoms with Gasteiger partial charge in [0.1, 0.15) is 17.2 Å². The van der Waals surface area contributed by atoms with Crippen LogP contribution in [0.5, 0.6) is 11.5 Å². The number of hydrogen-bond donors (Lipinski definition) is 2. The Balaban J connectivity index is 1.63. The van der Waals surface area contributed by atoms with Gasteiger partial charge in [0, 0.05) is 38.1 Å². The zero-order chi connectivity index (χ0) is 21.3. The Morgan fingerprint density at radius 2 is 1.77 bits per heavy atom. The minimum absolute atomic E-state index is 0.261. The first-order chi connectivity index (χ1) is 14.5. The van der Waals surface area contributed by atoms with Crippen molar-refractivity contribution in [2.75, 3.05) is 12.4 Å². The largest absolute Gasteiger partial charge is 0.457 e. The Kier molecular flexibility index (Phi) is 5.10. The van der Waals surface area contributed by atoms with Gasteiger partial charge in [0.15, 0.2) is 0 Å².